The number of anilines is 1. The summed E-state index contributed by atoms with van der Waals surface area (Å²) in [5.74, 6) is 0.678. The van der Waals surface area contributed by atoms with E-state index in [4.69, 9.17) is 4.74 Å². The van der Waals surface area contributed by atoms with E-state index in [2.05, 4.69) is 12.2 Å². The van der Waals surface area contributed by atoms with Crippen molar-refractivity contribution in [1.82, 2.24) is 0 Å². The second kappa shape index (κ2) is 7.87. The van der Waals surface area contributed by atoms with E-state index >= 15 is 0 Å². The van der Waals surface area contributed by atoms with Gasteiger partial charge in [0.1, 0.15) is 12.4 Å². The number of carbonyl (C=O) groups excluding carboxylic acids is 1. The van der Waals surface area contributed by atoms with Gasteiger partial charge in [0.05, 0.1) is 0 Å². The minimum absolute atomic E-state index is 0.0939. The first-order valence-electron chi connectivity index (χ1n) is 8.69. The van der Waals surface area contributed by atoms with Crippen LogP contribution >= 0.6 is 0 Å². The summed E-state index contributed by atoms with van der Waals surface area (Å²) in [7, 11) is 0. The molecule has 26 heavy (non-hydrogen) atoms. The Morgan fingerprint density at radius 3 is 2.19 bits per heavy atom. The number of hydrogen-bond donors (Lipinski definition) is 1. The number of ether oxygens (including phenoxy) is 1. The summed E-state index contributed by atoms with van der Waals surface area (Å²) in [6.07, 6.45) is 0. The zero-order chi connectivity index (χ0) is 18.5. The quantitative estimate of drug-likeness (QED) is 0.668. The van der Waals surface area contributed by atoms with Gasteiger partial charge in [0.25, 0.3) is 5.91 Å². The number of hydrogen-bond acceptors (Lipinski definition) is 2. The van der Waals surface area contributed by atoms with Crippen LogP contribution in [0.4, 0.5) is 5.69 Å². The molecule has 0 aliphatic carbocycles. The molecule has 0 radical (unpaired) electrons. The van der Waals surface area contributed by atoms with Gasteiger partial charge in [-0.3, -0.25) is 4.79 Å². The average Bonchev–Trinajstić information content (AvgIpc) is 2.65. The smallest absolute Gasteiger partial charge is 0.255 e. The number of benzene rings is 3. The molecule has 0 saturated heterocycles. The lowest BCUT2D eigenvalue weighted by atomic mass is 10.0. The van der Waals surface area contributed by atoms with Gasteiger partial charge in [-0.2, -0.15) is 0 Å². The van der Waals surface area contributed by atoms with E-state index in [1.54, 1.807) is 0 Å². The lowest BCUT2D eigenvalue weighted by molar-refractivity contribution is 0.102. The highest BCUT2D eigenvalue weighted by atomic mass is 16.5. The number of carbonyl (C=O) groups is 1. The highest BCUT2D eigenvalue weighted by Crippen LogP contribution is 2.20. The van der Waals surface area contributed by atoms with Crippen molar-refractivity contribution in [1.29, 1.82) is 0 Å². The van der Waals surface area contributed by atoms with Crippen LogP contribution in [0.2, 0.25) is 0 Å². The van der Waals surface area contributed by atoms with Gasteiger partial charge in [-0.25, -0.2) is 0 Å². The summed E-state index contributed by atoms with van der Waals surface area (Å²) in [6, 6.07) is 21.5. The predicted molar refractivity (Wildman–Crippen MR) is 106 cm³/mol. The van der Waals surface area contributed by atoms with Crippen LogP contribution in [0.1, 0.15) is 32.6 Å². The number of aryl methyl sites for hydroxylation is 3. The fraction of sp³-hybridized carbons (Fsp3) is 0.174. The van der Waals surface area contributed by atoms with Crippen LogP contribution in [-0.2, 0) is 6.61 Å². The number of nitrogens with one attached hydrogen (secondary N) is 1. The number of amides is 1. The fourth-order valence-electron chi connectivity index (χ4n) is 2.78. The largest absolute Gasteiger partial charge is 0.489 e. The summed E-state index contributed by atoms with van der Waals surface area (Å²) >= 11 is 0. The van der Waals surface area contributed by atoms with Gasteiger partial charge < -0.3 is 10.1 Å². The molecule has 3 aromatic rings. The number of rotatable bonds is 5. The van der Waals surface area contributed by atoms with Crippen molar-refractivity contribution in [2.45, 2.75) is 27.4 Å². The Morgan fingerprint density at radius 1 is 0.846 bits per heavy atom. The van der Waals surface area contributed by atoms with E-state index in [1.165, 1.54) is 5.56 Å². The van der Waals surface area contributed by atoms with E-state index < -0.39 is 0 Å². The second-order valence-corrected chi connectivity index (χ2v) is 6.50. The Bertz CT molecular complexity index is 899. The van der Waals surface area contributed by atoms with Gasteiger partial charge in [0.2, 0.25) is 0 Å². The van der Waals surface area contributed by atoms with Crippen molar-refractivity contribution in [2.24, 2.45) is 0 Å². The molecular formula is C23H23NO2. The molecule has 3 rings (SSSR count). The topological polar surface area (TPSA) is 38.3 Å². The van der Waals surface area contributed by atoms with E-state index in [9.17, 15) is 4.79 Å². The monoisotopic (exact) mass is 345 g/mol. The standard InChI is InChI=1S/C23H23NO2/c1-16-13-18(3)22(14-17(16)2)23(25)24-20-9-11-21(12-10-20)26-15-19-7-5-4-6-8-19/h4-14H,15H2,1-3H3,(H,24,25). The van der Waals surface area contributed by atoms with E-state index in [1.807, 2.05) is 80.6 Å². The summed E-state index contributed by atoms with van der Waals surface area (Å²) in [6.45, 7) is 6.55. The second-order valence-electron chi connectivity index (χ2n) is 6.50. The molecule has 0 saturated carbocycles. The van der Waals surface area contributed by atoms with Crippen LogP contribution in [0.15, 0.2) is 66.7 Å². The third-order valence-corrected chi connectivity index (χ3v) is 4.45. The summed E-state index contributed by atoms with van der Waals surface area (Å²) in [5.41, 5.74) is 5.87. The van der Waals surface area contributed by atoms with Crippen LogP contribution in [0.5, 0.6) is 5.75 Å². The van der Waals surface area contributed by atoms with Gasteiger partial charge in [0, 0.05) is 11.3 Å². The SMILES string of the molecule is Cc1cc(C)c(C(=O)Nc2ccc(OCc3ccccc3)cc2)cc1C. The van der Waals surface area contributed by atoms with Gasteiger partial charge in [-0.1, -0.05) is 36.4 Å². The van der Waals surface area contributed by atoms with Crippen LogP contribution < -0.4 is 10.1 Å². The molecule has 0 atom stereocenters. The Morgan fingerprint density at radius 2 is 1.50 bits per heavy atom. The van der Waals surface area contributed by atoms with Crippen molar-refractivity contribution < 1.29 is 9.53 Å². The van der Waals surface area contributed by atoms with Gasteiger partial charge in [-0.05, 0) is 73.4 Å². The first-order valence-corrected chi connectivity index (χ1v) is 8.69. The minimum atomic E-state index is -0.0939. The maximum Gasteiger partial charge on any atom is 0.255 e. The fourth-order valence-corrected chi connectivity index (χ4v) is 2.78. The van der Waals surface area contributed by atoms with Gasteiger partial charge in [0.15, 0.2) is 0 Å². The van der Waals surface area contributed by atoms with E-state index in [0.29, 0.717) is 12.2 Å². The maximum absolute atomic E-state index is 12.6. The third kappa shape index (κ3) is 4.31. The van der Waals surface area contributed by atoms with Crippen molar-refractivity contribution in [3.8, 4) is 5.75 Å². The van der Waals surface area contributed by atoms with Gasteiger partial charge in [-0.15, -0.1) is 0 Å². The normalized spacial score (nSPS) is 10.4. The molecular weight excluding hydrogens is 322 g/mol. The van der Waals surface area contributed by atoms with Crippen molar-refractivity contribution in [2.75, 3.05) is 5.32 Å². The van der Waals surface area contributed by atoms with Gasteiger partial charge >= 0.3 is 0 Å². The molecule has 1 N–H and O–H groups in total. The molecule has 0 aliphatic rings. The molecule has 0 aliphatic heterocycles. The molecule has 0 aromatic heterocycles. The lowest BCUT2D eigenvalue weighted by Gasteiger charge is -2.11. The van der Waals surface area contributed by atoms with Crippen LogP contribution in [0.3, 0.4) is 0 Å². The molecule has 3 aromatic carbocycles. The van der Waals surface area contributed by atoms with Crippen LogP contribution in [0.25, 0.3) is 0 Å². The summed E-state index contributed by atoms with van der Waals surface area (Å²) in [4.78, 5) is 12.6. The van der Waals surface area contributed by atoms with Crippen molar-refractivity contribution in [3.05, 3.63) is 94.5 Å². The molecule has 3 heteroatoms. The average molecular weight is 345 g/mol. The molecule has 0 spiro atoms. The molecule has 0 heterocycles. The Labute approximate surface area is 154 Å². The molecule has 0 bridgehead atoms. The predicted octanol–water partition coefficient (Wildman–Crippen LogP) is 5.44. The Kier molecular flexibility index (Phi) is 5.37. The van der Waals surface area contributed by atoms with E-state index in [0.717, 1.165) is 28.1 Å². The molecule has 0 unspecified atom stereocenters. The van der Waals surface area contributed by atoms with Crippen molar-refractivity contribution >= 4 is 11.6 Å². The maximum atomic E-state index is 12.6. The molecule has 1 amide bonds. The van der Waals surface area contributed by atoms with Crippen LogP contribution in [-0.4, -0.2) is 5.91 Å². The zero-order valence-electron chi connectivity index (χ0n) is 15.4. The Balaban J connectivity index is 1.64. The Hall–Kier alpha value is -3.07. The first-order chi connectivity index (χ1) is 12.5. The van der Waals surface area contributed by atoms with Crippen LogP contribution in [0, 0.1) is 20.8 Å². The molecule has 3 nitrogen and oxygen atoms in total. The zero-order valence-corrected chi connectivity index (χ0v) is 15.4. The summed E-state index contributed by atoms with van der Waals surface area (Å²) < 4.78 is 5.77. The minimum Gasteiger partial charge on any atom is -0.489 e. The molecule has 132 valence electrons. The first kappa shape index (κ1) is 17.7. The third-order valence-electron chi connectivity index (χ3n) is 4.45. The highest BCUT2D eigenvalue weighted by molar-refractivity contribution is 6.05. The highest BCUT2D eigenvalue weighted by Gasteiger charge is 2.11. The lowest BCUT2D eigenvalue weighted by Crippen LogP contribution is -2.14. The van der Waals surface area contributed by atoms with E-state index in [-0.39, 0.29) is 5.91 Å². The molecule has 0 fully saturated rings. The van der Waals surface area contributed by atoms with Crippen molar-refractivity contribution in [3.63, 3.8) is 0 Å². The summed E-state index contributed by atoms with van der Waals surface area (Å²) in [5, 5.41) is 2.95.